The van der Waals surface area contributed by atoms with E-state index in [2.05, 4.69) is 10.1 Å². The van der Waals surface area contributed by atoms with Crippen molar-refractivity contribution in [2.45, 2.75) is 38.2 Å². The van der Waals surface area contributed by atoms with Crippen LogP contribution in [0.4, 0.5) is 8.78 Å². The molecule has 1 aromatic carbocycles. The van der Waals surface area contributed by atoms with Gasteiger partial charge in [-0.25, -0.2) is 0 Å². The van der Waals surface area contributed by atoms with Crippen molar-refractivity contribution in [3.8, 4) is 0 Å². The van der Waals surface area contributed by atoms with Crippen LogP contribution in [-0.2, 0) is 16.1 Å². The predicted molar refractivity (Wildman–Crippen MR) is 68.0 cm³/mol. The zero-order valence-corrected chi connectivity index (χ0v) is 10.7. The number of piperidine rings is 1. The summed E-state index contributed by atoms with van der Waals surface area (Å²) >= 11 is 0. The normalized spacial score (nSPS) is 23.7. The quantitative estimate of drug-likeness (QED) is 0.862. The molecule has 0 saturated carbocycles. The van der Waals surface area contributed by atoms with Crippen LogP contribution in [0.15, 0.2) is 30.3 Å². The third kappa shape index (κ3) is 5.22. The molecule has 0 aromatic heterocycles. The van der Waals surface area contributed by atoms with Gasteiger partial charge in [-0.15, -0.1) is 0 Å². The molecule has 0 bridgehead atoms. The SMILES string of the molecule is FC(F)OC[C@@H]1CC[C@H](OCc2ccccc2)CN1. The van der Waals surface area contributed by atoms with E-state index < -0.39 is 6.61 Å². The lowest BCUT2D eigenvalue weighted by molar-refractivity contribution is -0.136. The standard InChI is InChI=1S/C14H19F2NO2/c15-14(16)19-10-12-6-7-13(8-17-12)18-9-11-4-2-1-3-5-11/h1-5,12-14,17H,6-10H2/t12-,13-/m0/s1. The van der Waals surface area contributed by atoms with Gasteiger partial charge in [0, 0.05) is 12.6 Å². The molecule has 5 heteroatoms. The maximum atomic E-state index is 11.9. The van der Waals surface area contributed by atoms with E-state index in [-0.39, 0.29) is 18.8 Å². The molecule has 0 radical (unpaired) electrons. The van der Waals surface area contributed by atoms with Crippen molar-refractivity contribution < 1.29 is 18.3 Å². The van der Waals surface area contributed by atoms with Crippen molar-refractivity contribution in [1.29, 1.82) is 0 Å². The van der Waals surface area contributed by atoms with E-state index in [4.69, 9.17) is 4.74 Å². The van der Waals surface area contributed by atoms with Crippen molar-refractivity contribution in [3.63, 3.8) is 0 Å². The number of benzene rings is 1. The topological polar surface area (TPSA) is 30.5 Å². The molecule has 19 heavy (non-hydrogen) atoms. The maximum absolute atomic E-state index is 11.9. The van der Waals surface area contributed by atoms with E-state index in [1.807, 2.05) is 30.3 Å². The molecule has 0 amide bonds. The summed E-state index contributed by atoms with van der Waals surface area (Å²) in [7, 11) is 0. The maximum Gasteiger partial charge on any atom is 0.345 e. The highest BCUT2D eigenvalue weighted by atomic mass is 19.3. The summed E-state index contributed by atoms with van der Waals surface area (Å²) in [4.78, 5) is 0. The third-order valence-corrected chi connectivity index (χ3v) is 3.22. The van der Waals surface area contributed by atoms with Crippen molar-refractivity contribution in [2.24, 2.45) is 0 Å². The minimum Gasteiger partial charge on any atom is -0.372 e. The van der Waals surface area contributed by atoms with E-state index in [9.17, 15) is 8.78 Å². The third-order valence-electron chi connectivity index (χ3n) is 3.22. The van der Waals surface area contributed by atoms with Crippen molar-refractivity contribution >= 4 is 0 Å². The fourth-order valence-electron chi connectivity index (χ4n) is 2.15. The molecule has 1 aromatic rings. The first-order valence-corrected chi connectivity index (χ1v) is 6.52. The minimum absolute atomic E-state index is 0.00516. The van der Waals surface area contributed by atoms with Crippen LogP contribution in [0.3, 0.4) is 0 Å². The minimum atomic E-state index is -2.69. The number of halogens is 2. The van der Waals surface area contributed by atoms with Gasteiger partial charge in [-0.1, -0.05) is 30.3 Å². The molecule has 106 valence electrons. The summed E-state index contributed by atoms with van der Waals surface area (Å²) in [5, 5.41) is 3.18. The highest BCUT2D eigenvalue weighted by molar-refractivity contribution is 5.13. The van der Waals surface area contributed by atoms with Crippen LogP contribution in [0, 0.1) is 0 Å². The molecule has 0 aliphatic carbocycles. The average Bonchev–Trinajstić information content (AvgIpc) is 2.45. The molecule has 1 N–H and O–H groups in total. The second kappa shape index (κ2) is 7.53. The second-order valence-corrected chi connectivity index (χ2v) is 4.70. The molecule has 1 aliphatic heterocycles. The molecular weight excluding hydrogens is 252 g/mol. The lowest BCUT2D eigenvalue weighted by atomic mass is 10.0. The molecule has 1 heterocycles. The predicted octanol–water partition coefficient (Wildman–Crippen LogP) is 2.56. The van der Waals surface area contributed by atoms with Gasteiger partial charge in [0.05, 0.1) is 19.3 Å². The van der Waals surface area contributed by atoms with E-state index in [1.54, 1.807) is 0 Å². The van der Waals surface area contributed by atoms with Crippen LogP contribution in [0.1, 0.15) is 18.4 Å². The zero-order valence-electron chi connectivity index (χ0n) is 10.7. The Morgan fingerprint density at radius 1 is 1.21 bits per heavy atom. The van der Waals surface area contributed by atoms with E-state index in [0.717, 1.165) is 18.4 Å². The Balaban J connectivity index is 1.63. The summed E-state index contributed by atoms with van der Waals surface area (Å²) in [6, 6.07) is 9.99. The Morgan fingerprint density at radius 3 is 2.63 bits per heavy atom. The molecule has 0 unspecified atom stereocenters. The van der Waals surface area contributed by atoms with Crippen molar-refractivity contribution in [1.82, 2.24) is 5.32 Å². The summed E-state index contributed by atoms with van der Waals surface area (Å²) in [6.45, 7) is -1.35. The van der Waals surface area contributed by atoms with Crippen molar-refractivity contribution in [2.75, 3.05) is 13.2 Å². The zero-order chi connectivity index (χ0) is 13.5. The largest absolute Gasteiger partial charge is 0.372 e. The number of hydrogen-bond acceptors (Lipinski definition) is 3. The Labute approximate surface area is 111 Å². The first-order chi connectivity index (χ1) is 9.24. The van der Waals surface area contributed by atoms with Crippen LogP contribution in [-0.4, -0.2) is 31.9 Å². The number of alkyl halides is 2. The van der Waals surface area contributed by atoms with Gasteiger partial charge in [-0.3, -0.25) is 0 Å². The summed E-state index contributed by atoms with van der Waals surface area (Å²) in [5.74, 6) is 0. The average molecular weight is 271 g/mol. The fraction of sp³-hybridized carbons (Fsp3) is 0.571. The summed E-state index contributed by atoms with van der Waals surface area (Å²) in [6.07, 6.45) is 1.81. The van der Waals surface area contributed by atoms with Crippen LogP contribution in [0.25, 0.3) is 0 Å². The first kappa shape index (κ1) is 14.4. The molecule has 0 spiro atoms. The van der Waals surface area contributed by atoms with E-state index in [0.29, 0.717) is 13.2 Å². The second-order valence-electron chi connectivity index (χ2n) is 4.70. The number of hydrogen-bond donors (Lipinski definition) is 1. The Bertz CT molecular complexity index is 354. The van der Waals surface area contributed by atoms with Gasteiger partial charge >= 0.3 is 6.61 Å². The lowest BCUT2D eigenvalue weighted by Crippen LogP contribution is -2.45. The first-order valence-electron chi connectivity index (χ1n) is 6.52. The van der Waals surface area contributed by atoms with Gasteiger partial charge in [0.25, 0.3) is 0 Å². The van der Waals surface area contributed by atoms with Crippen LogP contribution < -0.4 is 5.32 Å². The molecule has 2 atom stereocenters. The Morgan fingerprint density at radius 2 is 2.00 bits per heavy atom. The Kier molecular flexibility index (Phi) is 5.69. The summed E-state index contributed by atoms with van der Waals surface area (Å²) < 4.78 is 33.9. The molecule has 1 aliphatic rings. The molecular formula is C14H19F2NO2. The lowest BCUT2D eigenvalue weighted by Gasteiger charge is -2.29. The van der Waals surface area contributed by atoms with Gasteiger partial charge in [0.2, 0.25) is 0 Å². The van der Waals surface area contributed by atoms with Crippen LogP contribution >= 0.6 is 0 Å². The number of ether oxygens (including phenoxy) is 2. The van der Waals surface area contributed by atoms with Crippen LogP contribution in [0.2, 0.25) is 0 Å². The van der Waals surface area contributed by atoms with Crippen LogP contribution in [0.5, 0.6) is 0 Å². The van der Waals surface area contributed by atoms with E-state index in [1.165, 1.54) is 0 Å². The molecule has 3 nitrogen and oxygen atoms in total. The molecule has 1 saturated heterocycles. The highest BCUT2D eigenvalue weighted by Gasteiger charge is 2.21. The van der Waals surface area contributed by atoms with Gasteiger partial charge in [-0.2, -0.15) is 8.78 Å². The van der Waals surface area contributed by atoms with Gasteiger partial charge < -0.3 is 14.8 Å². The van der Waals surface area contributed by atoms with Crippen molar-refractivity contribution in [3.05, 3.63) is 35.9 Å². The number of nitrogens with one attached hydrogen (secondary N) is 1. The fourth-order valence-corrected chi connectivity index (χ4v) is 2.15. The van der Waals surface area contributed by atoms with Gasteiger partial charge in [0.15, 0.2) is 0 Å². The highest BCUT2D eigenvalue weighted by Crippen LogP contribution is 2.14. The van der Waals surface area contributed by atoms with Gasteiger partial charge in [-0.05, 0) is 18.4 Å². The summed E-state index contributed by atoms with van der Waals surface area (Å²) in [5.41, 5.74) is 1.14. The molecule has 2 rings (SSSR count). The monoisotopic (exact) mass is 271 g/mol. The Hall–Kier alpha value is -1.04. The van der Waals surface area contributed by atoms with Gasteiger partial charge in [0.1, 0.15) is 0 Å². The number of rotatable bonds is 6. The smallest absolute Gasteiger partial charge is 0.345 e. The van der Waals surface area contributed by atoms with E-state index >= 15 is 0 Å². The molecule has 1 fully saturated rings.